The molecule has 0 bridgehead atoms. The van der Waals surface area contributed by atoms with E-state index in [4.69, 9.17) is 9.47 Å². The van der Waals surface area contributed by atoms with Gasteiger partial charge in [-0.05, 0) is 48.7 Å². The van der Waals surface area contributed by atoms with E-state index in [-0.39, 0.29) is 17.9 Å². The molecular weight excluding hydrogens is 449 g/mol. The third-order valence-corrected chi connectivity index (χ3v) is 6.14. The zero-order valence-electron chi connectivity index (χ0n) is 19.7. The van der Waals surface area contributed by atoms with Crippen LogP contribution in [-0.2, 0) is 16.0 Å². The summed E-state index contributed by atoms with van der Waals surface area (Å²) >= 11 is 0. The number of aliphatic hydroxyl groups is 1. The molecule has 4 rings (SSSR count). The van der Waals surface area contributed by atoms with E-state index < -0.39 is 23.5 Å². The topological polar surface area (TPSA) is 76.1 Å². The molecule has 7 heteroatoms. The maximum Gasteiger partial charge on any atom is 0.295 e. The number of benzene rings is 3. The number of ether oxygens (including phenoxy) is 2. The van der Waals surface area contributed by atoms with Crippen molar-refractivity contribution in [1.82, 2.24) is 4.90 Å². The maximum absolute atomic E-state index is 13.7. The number of amides is 1. The summed E-state index contributed by atoms with van der Waals surface area (Å²) in [4.78, 5) is 27.7. The third-order valence-electron chi connectivity index (χ3n) is 6.14. The number of carbonyl (C=O) groups excluding carboxylic acids is 2. The molecular formula is C28H26FNO5. The Kier molecular flexibility index (Phi) is 6.87. The van der Waals surface area contributed by atoms with Crippen molar-refractivity contribution in [2.45, 2.75) is 19.4 Å². The second kappa shape index (κ2) is 10.0. The van der Waals surface area contributed by atoms with Gasteiger partial charge in [0, 0.05) is 12.1 Å². The number of Topliss-reactive ketones (excluding diaryl/α,β-unsaturated/α-hetero) is 1. The molecule has 6 nitrogen and oxygen atoms in total. The Balaban J connectivity index is 1.73. The Labute approximate surface area is 203 Å². The van der Waals surface area contributed by atoms with Crippen molar-refractivity contribution in [3.8, 4) is 11.5 Å². The molecule has 1 aliphatic rings. The van der Waals surface area contributed by atoms with E-state index >= 15 is 0 Å². The van der Waals surface area contributed by atoms with Crippen molar-refractivity contribution in [2.24, 2.45) is 0 Å². The van der Waals surface area contributed by atoms with Crippen LogP contribution >= 0.6 is 0 Å². The van der Waals surface area contributed by atoms with Crippen LogP contribution in [0.5, 0.6) is 11.5 Å². The average molecular weight is 476 g/mol. The first kappa shape index (κ1) is 24.0. The Bertz CT molecular complexity index is 1280. The molecule has 180 valence electrons. The average Bonchev–Trinajstić information content (AvgIpc) is 3.12. The van der Waals surface area contributed by atoms with Crippen LogP contribution in [0.1, 0.15) is 28.3 Å². The van der Waals surface area contributed by atoms with Gasteiger partial charge >= 0.3 is 0 Å². The molecule has 1 N–H and O–H groups in total. The molecule has 0 spiro atoms. The van der Waals surface area contributed by atoms with Gasteiger partial charge in [-0.1, -0.05) is 48.0 Å². The number of hydrogen-bond acceptors (Lipinski definition) is 5. The lowest BCUT2D eigenvalue weighted by Gasteiger charge is -2.25. The Morgan fingerprint density at radius 2 is 1.60 bits per heavy atom. The van der Waals surface area contributed by atoms with Crippen LogP contribution in [0, 0.1) is 12.7 Å². The number of aliphatic hydroxyl groups excluding tert-OH is 1. The summed E-state index contributed by atoms with van der Waals surface area (Å²) in [5, 5.41) is 11.1. The molecule has 1 atom stereocenters. The Hall–Kier alpha value is -4.13. The number of nitrogens with zero attached hydrogens (tertiary/aromatic N) is 1. The minimum atomic E-state index is -0.850. The molecule has 3 aromatic rings. The molecule has 1 amide bonds. The summed E-state index contributed by atoms with van der Waals surface area (Å²) < 4.78 is 24.3. The second-order valence-corrected chi connectivity index (χ2v) is 8.35. The number of likely N-dealkylation sites (tertiary alicyclic amines) is 1. The predicted molar refractivity (Wildman–Crippen MR) is 130 cm³/mol. The van der Waals surface area contributed by atoms with Crippen molar-refractivity contribution < 1.29 is 28.6 Å². The van der Waals surface area contributed by atoms with Crippen LogP contribution in [0.25, 0.3) is 5.76 Å². The number of ketones is 1. The molecule has 0 saturated carbocycles. The van der Waals surface area contributed by atoms with Gasteiger partial charge < -0.3 is 19.5 Å². The van der Waals surface area contributed by atoms with Gasteiger partial charge in [-0.15, -0.1) is 0 Å². The number of halogens is 1. The van der Waals surface area contributed by atoms with Gasteiger partial charge in [-0.2, -0.15) is 0 Å². The first-order valence-electron chi connectivity index (χ1n) is 11.2. The minimum absolute atomic E-state index is 0.0160. The van der Waals surface area contributed by atoms with Gasteiger partial charge in [0.25, 0.3) is 11.7 Å². The summed E-state index contributed by atoms with van der Waals surface area (Å²) in [6.45, 7) is 2.11. The summed E-state index contributed by atoms with van der Waals surface area (Å²) in [6, 6.07) is 17.2. The Morgan fingerprint density at radius 3 is 2.23 bits per heavy atom. The van der Waals surface area contributed by atoms with Gasteiger partial charge in [-0.25, -0.2) is 4.39 Å². The SMILES string of the molecule is COc1ccc(CCN2C(=O)C(=O)C(=C(O)c3ccc(C)cc3)[C@H]2c2ccc(F)cc2)cc1OC. The van der Waals surface area contributed by atoms with Crippen molar-refractivity contribution >= 4 is 17.4 Å². The van der Waals surface area contributed by atoms with Crippen LogP contribution in [-0.4, -0.2) is 42.5 Å². The lowest BCUT2D eigenvalue weighted by Crippen LogP contribution is -2.31. The fourth-order valence-corrected chi connectivity index (χ4v) is 4.25. The lowest BCUT2D eigenvalue weighted by molar-refractivity contribution is -0.139. The smallest absolute Gasteiger partial charge is 0.295 e. The molecule has 0 aromatic heterocycles. The van der Waals surface area contributed by atoms with E-state index in [2.05, 4.69) is 0 Å². The monoisotopic (exact) mass is 475 g/mol. The molecule has 1 heterocycles. The zero-order chi connectivity index (χ0) is 25.1. The van der Waals surface area contributed by atoms with Crippen LogP contribution in [0.2, 0.25) is 0 Å². The molecule has 35 heavy (non-hydrogen) atoms. The third kappa shape index (κ3) is 4.75. The fraction of sp³-hybridized carbons (Fsp3) is 0.214. The molecule has 0 radical (unpaired) electrons. The van der Waals surface area contributed by atoms with Gasteiger partial charge in [0.2, 0.25) is 0 Å². The highest BCUT2D eigenvalue weighted by atomic mass is 19.1. The van der Waals surface area contributed by atoms with Crippen LogP contribution in [0.3, 0.4) is 0 Å². The lowest BCUT2D eigenvalue weighted by atomic mass is 9.95. The predicted octanol–water partition coefficient (Wildman–Crippen LogP) is 4.82. The first-order valence-corrected chi connectivity index (χ1v) is 11.2. The molecule has 1 fully saturated rings. The summed E-state index contributed by atoms with van der Waals surface area (Å²) in [7, 11) is 3.09. The van der Waals surface area contributed by atoms with Gasteiger partial charge in [0.15, 0.2) is 11.5 Å². The largest absolute Gasteiger partial charge is 0.507 e. The van der Waals surface area contributed by atoms with E-state index in [1.165, 1.54) is 29.2 Å². The fourth-order valence-electron chi connectivity index (χ4n) is 4.25. The summed E-state index contributed by atoms with van der Waals surface area (Å²) in [5.41, 5.74) is 2.82. The van der Waals surface area contributed by atoms with Gasteiger partial charge in [0.1, 0.15) is 11.6 Å². The molecule has 1 saturated heterocycles. The van der Waals surface area contributed by atoms with E-state index in [0.717, 1.165) is 11.1 Å². The molecule has 0 unspecified atom stereocenters. The highest BCUT2D eigenvalue weighted by Crippen LogP contribution is 2.39. The van der Waals surface area contributed by atoms with Crippen LogP contribution < -0.4 is 9.47 Å². The number of rotatable bonds is 7. The van der Waals surface area contributed by atoms with Crippen LogP contribution in [0.4, 0.5) is 4.39 Å². The molecule has 0 aliphatic carbocycles. The molecule has 3 aromatic carbocycles. The standard InChI is InChI=1S/C28H26FNO5/c1-17-4-7-20(8-5-17)26(31)24-25(19-9-11-21(29)12-10-19)30(28(33)27(24)32)15-14-18-6-13-22(34-2)23(16-18)35-3/h4-13,16,25,31H,14-15H2,1-3H3/t25-/m1/s1. The quantitative estimate of drug-likeness (QED) is 0.301. The highest BCUT2D eigenvalue weighted by Gasteiger charge is 2.45. The summed E-state index contributed by atoms with van der Waals surface area (Å²) in [5.74, 6) is -1.04. The van der Waals surface area contributed by atoms with E-state index in [1.807, 2.05) is 31.2 Å². The highest BCUT2D eigenvalue weighted by molar-refractivity contribution is 6.46. The van der Waals surface area contributed by atoms with Crippen molar-refractivity contribution in [2.75, 3.05) is 20.8 Å². The van der Waals surface area contributed by atoms with Crippen molar-refractivity contribution in [3.05, 3.63) is 100 Å². The van der Waals surface area contributed by atoms with Crippen molar-refractivity contribution in [1.29, 1.82) is 0 Å². The summed E-state index contributed by atoms with van der Waals surface area (Å²) in [6.07, 6.45) is 0.426. The zero-order valence-corrected chi connectivity index (χ0v) is 19.7. The van der Waals surface area contributed by atoms with Gasteiger partial charge in [0.05, 0.1) is 25.8 Å². The molecule has 1 aliphatic heterocycles. The van der Waals surface area contributed by atoms with E-state index in [9.17, 15) is 19.1 Å². The van der Waals surface area contributed by atoms with E-state index in [1.54, 1.807) is 32.4 Å². The second-order valence-electron chi connectivity index (χ2n) is 8.35. The first-order chi connectivity index (χ1) is 16.8. The minimum Gasteiger partial charge on any atom is -0.507 e. The number of aryl methyl sites for hydroxylation is 1. The van der Waals surface area contributed by atoms with Gasteiger partial charge in [-0.3, -0.25) is 9.59 Å². The van der Waals surface area contributed by atoms with Crippen molar-refractivity contribution in [3.63, 3.8) is 0 Å². The van der Waals surface area contributed by atoms with E-state index in [0.29, 0.717) is 29.0 Å². The Morgan fingerprint density at radius 1 is 0.943 bits per heavy atom. The maximum atomic E-state index is 13.7. The number of hydrogen-bond donors (Lipinski definition) is 1. The number of methoxy groups -OCH3 is 2. The normalized spacial score (nSPS) is 17.0. The van der Waals surface area contributed by atoms with Crippen LogP contribution in [0.15, 0.2) is 72.3 Å². The number of carbonyl (C=O) groups is 2.